The zero-order valence-electron chi connectivity index (χ0n) is 5.48. The molecule has 0 spiro atoms. The van der Waals surface area contributed by atoms with E-state index < -0.39 is 0 Å². The first kappa shape index (κ1) is 7.38. The molecule has 1 aromatic heterocycles. The molecule has 0 radical (unpaired) electrons. The third-order valence-corrected chi connectivity index (χ3v) is 4.47. The van der Waals surface area contributed by atoms with Gasteiger partial charge in [-0.1, -0.05) is 0 Å². The summed E-state index contributed by atoms with van der Waals surface area (Å²) in [5.74, 6) is 0.382. The molecule has 0 saturated carbocycles. The number of phenolic OH excluding ortho intramolecular Hbond substituents is 1. The van der Waals surface area contributed by atoms with Gasteiger partial charge in [-0.25, -0.2) is 0 Å². The zero-order valence-corrected chi connectivity index (χ0v) is 9.07. The van der Waals surface area contributed by atoms with Crippen LogP contribution in [-0.4, -0.2) is 40.6 Å². The molecule has 0 aliphatic carbocycles. The van der Waals surface area contributed by atoms with E-state index in [1.54, 1.807) is 6.07 Å². The van der Waals surface area contributed by atoms with Crippen molar-refractivity contribution in [3.8, 4) is 5.75 Å². The van der Waals surface area contributed by atoms with Gasteiger partial charge in [-0.2, -0.15) is 0 Å². The Labute approximate surface area is 77.8 Å². The van der Waals surface area contributed by atoms with Crippen LogP contribution >= 0.6 is 0 Å². The van der Waals surface area contributed by atoms with Crippen molar-refractivity contribution >= 4 is 43.8 Å². The predicted octanol–water partition coefficient (Wildman–Crippen LogP) is -0.477. The fraction of sp³-hybridized carbons (Fsp3) is 0. The summed E-state index contributed by atoms with van der Waals surface area (Å²) in [6.45, 7) is 0. The number of aromatic nitrogens is 1. The number of aromatic hydroxyl groups is 1. The molecule has 0 saturated heterocycles. The molecule has 56 valence electrons. The second-order valence-electron chi connectivity index (χ2n) is 2.12. The molecule has 2 aromatic rings. The molecule has 0 aliphatic heterocycles. The monoisotopic (exact) mass is 279 g/mol. The van der Waals surface area contributed by atoms with Gasteiger partial charge < -0.3 is 0 Å². The van der Waals surface area contributed by atoms with E-state index in [1.165, 1.54) is 0 Å². The van der Waals surface area contributed by atoms with E-state index in [1.807, 2.05) is 12.1 Å². The normalized spacial score (nSPS) is 10.6. The Kier molecular flexibility index (Phi) is 1.78. The van der Waals surface area contributed by atoms with Gasteiger partial charge >= 0.3 is 77.8 Å². The Morgan fingerprint density at radius 1 is 1.45 bits per heavy atom. The summed E-state index contributed by atoms with van der Waals surface area (Å²) in [7, 11) is 0. The number of fused-ring (bicyclic) bond motifs is 1. The second-order valence-corrected chi connectivity index (χ2v) is 6.58. The van der Waals surface area contributed by atoms with Crippen LogP contribution in [0.5, 0.6) is 5.75 Å². The molecule has 2 rings (SSSR count). The Balaban J connectivity index is 2.90. The van der Waals surface area contributed by atoms with Crippen molar-refractivity contribution in [2.24, 2.45) is 0 Å². The Bertz CT molecular complexity index is 396. The summed E-state index contributed by atoms with van der Waals surface area (Å²) >= 11 is 2.66. The minimum atomic E-state index is 0.223. The molecule has 2 nitrogen and oxygen atoms in total. The number of nitrogens with zero attached hydrogens (tertiary/aromatic N) is 1. The van der Waals surface area contributed by atoms with Crippen molar-refractivity contribution < 1.29 is 5.11 Å². The standard InChI is InChI=1S/C7H5NOSe2/c9-5-3-1-2-4-6(5)11-7(10)8-4/h1-3,9H,(H,8,10). The first-order chi connectivity index (χ1) is 5.27. The summed E-state index contributed by atoms with van der Waals surface area (Å²) in [5.41, 5.74) is 0.931. The van der Waals surface area contributed by atoms with Crippen LogP contribution in [0, 0.1) is 0 Å². The van der Waals surface area contributed by atoms with Gasteiger partial charge in [0.1, 0.15) is 0 Å². The van der Waals surface area contributed by atoms with Crippen LogP contribution in [-0.2, 0) is 0 Å². The summed E-state index contributed by atoms with van der Waals surface area (Å²) in [6.07, 6.45) is 0. The third-order valence-electron chi connectivity index (χ3n) is 1.38. The van der Waals surface area contributed by atoms with Crippen molar-refractivity contribution in [2.75, 3.05) is 0 Å². The van der Waals surface area contributed by atoms with E-state index in [-0.39, 0.29) is 14.5 Å². The van der Waals surface area contributed by atoms with Gasteiger partial charge in [-0.05, 0) is 0 Å². The van der Waals surface area contributed by atoms with Crippen LogP contribution in [0.4, 0.5) is 0 Å². The van der Waals surface area contributed by atoms with Gasteiger partial charge in [0.25, 0.3) is 0 Å². The maximum absolute atomic E-state index is 9.38. The molecule has 1 N–H and O–H groups in total. The van der Waals surface area contributed by atoms with Gasteiger partial charge in [-0.3, -0.25) is 0 Å². The van der Waals surface area contributed by atoms with Crippen LogP contribution in [0.25, 0.3) is 9.78 Å². The van der Waals surface area contributed by atoms with Gasteiger partial charge in [0.2, 0.25) is 0 Å². The molecule has 0 atom stereocenters. The van der Waals surface area contributed by atoms with Gasteiger partial charge in [-0.15, -0.1) is 0 Å². The number of hydrogen-bond donors (Lipinski definition) is 1. The van der Waals surface area contributed by atoms with Crippen molar-refractivity contribution in [3.05, 3.63) is 18.2 Å². The topological polar surface area (TPSA) is 33.1 Å². The fourth-order valence-corrected chi connectivity index (χ4v) is 3.65. The molecule has 0 bridgehead atoms. The van der Waals surface area contributed by atoms with E-state index in [9.17, 15) is 5.11 Å². The van der Waals surface area contributed by atoms with Crippen molar-refractivity contribution in [1.29, 1.82) is 0 Å². The molecule has 1 heterocycles. The van der Waals surface area contributed by atoms with E-state index in [0.717, 1.165) is 13.2 Å². The van der Waals surface area contributed by atoms with Crippen molar-refractivity contribution in [3.63, 3.8) is 0 Å². The molecule has 0 amide bonds. The summed E-state index contributed by atoms with van der Waals surface area (Å²) in [5, 5.41) is 9.38. The number of rotatable bonds is 0. The number of hydrogen-bond acceptors (Lipinski definition) is 2. The molecular weight excluding hydrogens is 272 g/mol. The van der Waals surface area contributed by atoms with Crippen LogP contribution in [0.1, 0.15) is 0 Å². The van der Waals surface area contributed by atoms with E-state index in [4.69, 9.17) is 0 Å². The maximum atomic E-state index is 9.38. The molecule has 0 aliphatic rings. The Morgan fingerprint density at radius 3 is 3.00 bits per heavy atom. The average Bonchev–Trinajstić information content (AvgIpc) is 2.31. The van der Waals surface area contributed by atoms with Crippen molar-refractivity contribution in [1.82, 2.24) is 4.98 Å². The van der Waals surface area contributed by atoms with E-state index in [0.29, 0.717) is 5.75 Å². The first-order valence-corrected chi connectivity index (χ1v) is 5.70. The summed E-state index contributed by atoms with van der Waals surface area (Å²) in [4.78, 5) is 4.27. The van der Waals surface area contributed by atoms with Crippen molar-refractivity contribution in [2.45, 2.75) is 0 Å². The third kappa shape index (κ3) is 1.23. The summed E-state index contributed by atoms with van der Waals surface area (Å²) < 4.78 is 2.08. The fourth-order valence-electron chi connectivity index (χ4n) is 0.923. The van der Waals surface area contributed by atoms with Gasteiger partial charge in [0.15, 0.2) is 0 Å². The van der Waals surface area contributed by atoms with E-state index >= 15 is 0 Å². The minimum absolute atomic E-state index is 0.223. The summed E-state index contributed by atoms with van der Waals surface area (Å²) in [6, 6.07) is 5.46. The molecule has 11 heavy (non-hydrogen) atoms. The average molecular weight is 277 g/mol. The Hall–Kier alpha value is -0.271. The second kappa shape index (κ2) is 2.65. The molecular formula is C7H5NOSe2. The number of benzene rings is 1. The molecule has 0 unspecified atom stereocenters. The molecule has 1 aromatic carbocycles. The quantitative estimate of drug-likeness (QED) is 0.660. The van der Waals surface area contributed by atoms with Crippen LogP contribution < -0.4 is 3.47 Å². The van der Waals surface area contributed by atoms with Crippen LogP contribution in [0.2, 0.25) is 0 Å². The van der Waals surface area contributed by atoms with Gasteiger partial charge in [0, 0.05) is 0 Å². The Morgan fingerprint density at radius 2 is 2.27 bits per heavy atom. The first-order valence-electron chi connectivity index (χ1n) is 3.05. The van der Waals surface area contributed by atoms with Crippen LogP contribution in [0.3, 0.4) is 0 Å². The number of phenols is 1. The SMILES string of the molecule is Oc1cccc2nc([SeH])[se]c12. The zero-order chi connectivity index (χ0) is 7.84. The molecule has 0 fully saturated rings. The molecule has 4 heteroatoms. The predicted molar refractivity (Wildman–Crippen MR) is 47.1 cm³/mol. The van der Waals surface area contributed by atoms with E-state index in [2.05, 4.69) is 21.0 Å². The van der Waals surface area contributed by atoms with Crippen LogP contribution in [0.15, 0.2) is 18.2 Å². The van der Waals surface area contributed by atoms with Gasteiger partial charge in [0.05, 0.1) is 0 Å².